The Morgan fingerprint density at radius 3 is 2.67 bits per heavy atom. The van der Waals surface area contributed by atoms with Crippen LogP contribution < -0.4 is 10.2 Å². The standard InChI is InChI=1S/C20H26N4O2S/c1-12-6-7-15(8-13(12)2)24-11-14(9-17(24)26)18-22-23-19(27-18)21-16(25)10-20(3,4)5/h6-8,14H,9-11H2,1-5H3,(H,21,23,25). The number of rotatable bonds is 4. The minimum Gasteiger partial charge on any atom is -0.312 e. The van der Waals surface area contributed by atoms with Gasteiger partial charge in [-0.1, -0.05) is 38.2 Å². The lowest BCUT2D eigenvalue weighted by molar-refractivity contribution is -0.118. The Bertz CT molecular complexity index is 869. The Balaban J connectivity index is 1.68. The number of nitrogens with zero attached hydrogens (tertiary/aromatic N) is 3. The minimum atomic E-state index is -0.0812. The molecule has 1 saturated heterocycles. The zero-order valence-electron chi connectivity index (χ0n) is 16.5. The Morgan fingerprint density at radius 2 is 2.00 bits per heavy atom. The van der Waals surface area contributed by atoms with Gasteiger partial charge in [-0.15, -0.1) is 10.2 Å². The highest BCUT2D eigenvalue weighted by molar-refractivity contribution is 7.15. The molecule has 1 atom stereocenters. The highest BCUT2D eigenvalue weighted by Gasteiger charge is 2.34. The maximum absolute atomic E-state index is 12.5. The molecular formula is C20H26N4O2S. The van der Waals surface area contributed by atoms with Crippen LogP contribution in [0, 0.1) is 19.3 Å². The Hall–Kier alpha value is -2.28. The number of hydrogen-bond acceptors (Lipinski definition) is 5. The maximum atomic E-state index is 12.5. The highest BCUT2D eigenvalue weighted by Crippen LogP contribution is 2.35. The van der Waals surface area contributed by atoms with Gasteiger partial charge in [-0.05, 0) is 42.5 Å². The normalized spacial score (nSPS) is 17.4. The molecule has 6 nitrogen and oxygen atoms in total. The van der Waals surface area contributed by atoms with E-state index in [1.807, 2.05) is 50.8 Å². The monoisotopic (exact) mass is 386 g/mol. The fourth-order valence-electron chi connectivity index (χ4n) is 3.11. The fraction of sp³-hybridized carbons (Fsp3) is 0.500. The molecule has 27 heavy (non-hydrogen) atoms. The van der Waals surface area contributed by atoms with Crippen LogP contribution >= 0.6 is 11.3 Å². The van der Waals surface area contributed by atoms with Crippen molar-refractivity contribution in [2.45, 2.75) is 53.4 Å². The van der Waals surface area contributed by atoms with Crippen molar-refractivity contribution >= 4 is 34.0 Å². The Kier molecular flexibility index (Phi) is 5.33. The zero-order chi connectivity index (χ0) is 19.8. The molecule has 1 aromatic heterocycles. The molecule has 144 valence electrons. The van der Waals surface area contributed by atoms with Gasteiger partial charge in [0.2, 0.25) is 16.9 Å². The second-order valence-electron chi connectivity index (χ2n) is 8.41. The van der Waals surface area contributed by atoms with Crippen molar-refractivity contribution in [3.05, 3.63) is 34.3 Å². The third kappa shape index (κ3) is 4.71. The molecule has 1 aromatic carbocycles. The molecule has 0 aliphatic carbocycles. The molecule has 7 heteroatoms. The van der Waals surface area contributed by atoms with Crippen molar-refractivity contribution in [2.75, 3.05) is 16.8 Å². The molecule has 0 bridgehead atoms. The molecule has 0 spiro atoms. The first-order valence-corrected chi connectivity index (χ1v) is 9.95. The molecule has 2 aromatic rings. The number of carbonyl (C=O) groups excluding carboxylic acids is 2. The average Bonchev–Trinajstić information content (AvgIpc) is 3.15. The third-order valence-electron chi connectivity index (χ3n) is 4.65. The molecule has 3 rings (SSSR count). The number of aryl methyl sites for hydroxylation is 2. The van der Waals surface area contributed by atoms with Crippen LogP contribution in [0.5, 0.6) is 0 Å². The third-order valence-corrected chi connectivity index (χ3v) is 5.66. The Morgan fingerprint density at radius 1 is 1.26 bits per heavy atom. The van der Waals surface area contributed by atoms with Crippen molar-refractivity contribution in [1.29, 1.82) is 0 Å². The number of anilines is 2. The second kappa shape index (κ2) is 7.38. The summed E-state index contributed by atoms with van der Waals surface area (Å²) in [6.45, 7) is 10.8. The van der Waals surface area contributed by atoms with Crippen LogP contribution in [0.3, 0.4) is 0 Å². The summed E-state index contributed by atoms with van der Waals surface area (Å²) in [4.78, 5) is 26.4. The van der Waals surface area contributed by atoms with Gasteiger partial charge in [0.05, 0.1) is 0 Å². The number of amides is 2. The van der Waals surface area contributed by atoms with Gasteiger partial charge in [-0.3, -0.25) is 9.59 Å². The van der Waals surface area contributed by atoms with Crippen molar-refractivity contribution in [2.24, 2.45) is 5.41 Å². The Labute approximate surface area is 164 Å². The number of hydrogen-bond donors (Lipinski definition) is 1. The smallest absolute Gasteiger partial charge is 0.227 e. The van der Waals surface area contributed by atoms with Gasteiger partial charge in [-0.2, -0.15) is 0 Å². The number of benzene rings is 1. The average molecular weight is 387 g/mol. The lowest BCUT2D eigenvalue weighted by atomic mass is 9.92. The summed E-state index contributed by atoms with van der Waals surface area (Å²) < 4.78 is 0. The summed E-state index contributed by atoms with van der Waals surface area (Å²) in [5.41, 5.74) is 3.22. The summed E-state index contributed by atoms with van der Waals surface area (Å²) in [7, 11) is 0. The van der Waals surface area contributed by atoms with Gasteiger partial charge in [0.25, 0.3) is 0 Å². The molecule has 1 N–H and O–H groups in total. The largest absolute Gasteiger partial charge is 0.312 e. The highest BCUT2D eigenvalue weighted by atomic mass is 32.1. The first kappa shape index (κ1) is 19.5. The predicted molar refractivity (Wildman–Crippen MR) is 108 cm³/mol. The van der Waals surface area contributed by atoms with E-state index in [1.165, 1.54) is 22.5 Å². The van der Waals surface area contributed by atoms with Crippen LogP contribution in [0.2, 0.25) is 0 Å². The molecule has 0 saturated carbocycles. The van der Waals surface area contributed by atoms with Crippen molar-refractivity contribution in [3.8, 4) is 0 Å². The van der Waals surface area contributed by atoms with Crippen molar-refractivity contribution in [1.82, 2.24) is 10.2 Å². The maximum Gasteiger partial charge on any atom is 0.227 e. The lowest BCUT2D eigenvalue weighted by Gasteiger charge is -2.17. The van der Waals surface area contributed by atoms with Gasteiger partial charge in [0, 0.05) is 31.0 Å². The minimum absolute atomic E-state index is 0.00452. The fourth-order valence-corrected chi connectivity index (χ4v) is 3.96. The van der Waals surface area contributed by atoms with E-state index in [0.29, 0.717) is 24.5 Å². The molecular weight excluding hydrogens is 360 g/mol. The van der Waals surface area contributed by atoms with Crippen LogP contribution in [0.25, 0.3) is 0 Å². The summed E-state index contributed by atoms with van der Waals surface area (Å²) >= 11 is 1.36. The number of aromatic nitrogens is 2. The summed E-state index contributed by atoms with van der Waals surface area (Å²) in [6, 6.07) is 6.08. The summed E-state index contributed by atoms with van der Waals surface area (Å²) in [5.74, 6) is 0.0334. The van der Waals surface area contributed by atoms with Crippen LogP contribution in [-0.4, -0.2) is 28.6 Å². The van der Waals surface area contributed by atoms with Crippen molar-refractivity contribution in [3.63, 3.8) is 0 Å². The van der Waals surface area contributed by atoms with Gasteiger partial charge in [0.15, 0.2) is 0 Å². The van der Waals surface area contributed by atoms with Crippen molar-refractivity contribution < 1.29 is 9.59 Å². The molecule has 2 heterocycles. The van der Waals surface area contributed by atoms with Crippen LogP contribution in [0.1, 0.15) is 55.7 Å². The topological polar surface area (TPSA) is 75.2 Å². The SMILES string of the molecule is Cc1ccc(N2CC(c3nnc(NC(=O)CC(C)(C)C)s3)CC2=O)cc1C. The number of carbonyl (C=O) groups is 2. The molecule has 2 amide bonds. The van der Waals surface area contributed by atoms with E-state index in [4.69, 9.17) is 0 Å². The first-order chi connectivity index (χ1) is 12.6. The van der Waals surface area contributed by atoms with Gasteiger partial charge in [0.1, 0.15) is 5.01 Å². The second-order valence-corrected chi connectivity index (χ2v) is 9.41. The van der Waals surface area contributed by atoms with Gasteiger partial charge in [-0.25, -0.2) is 0 Å². The number of nitrogens with one attached hydrogen (secondary N) is 1. The van der Waals surface area contributed by atoms with E-state index in [0.717, 1.165) is 10.7 Å². The molecule has 1 unspecified atom stereocenters. The first-order valence-electron chi connectivity index (χ1n) is 9.13. The lowest BCUT2D eigenvalue weighted by Crippen LogP contribution is -2.24. The van der Waals surface area contributed by atoms with Crippen LogP contribution in [-0.2, 0) is 9.59 Å². The molecule has 1 aliphatic rings. The predicted octanol–water partition coefficient (Wildman–Crippen LogP) is 4.05. The summed E-state index contributed by atoms with van der Waals surface area (Å²) in [6.07, 6.45) is 0.835. The van der Waals surface area contributed by atoms with Gasteiger partial charge >= 0.3 is 0 Å². The van der Waals surface area contributed by atoms with Gasteiger partial charge < -0.3 is 10.2 Å². The summed E-state index contributed by atoms with van der Waals surface area (Å²) in [5, 5.41) is 12.4. The molecule has 0 radical (unpaired) electrons. The molecule has 1 aliphatic heterocycles. The zero-order valence-corrected chi connectivity index (χ0v) is 17.3. The van der Waals surface area contributed by atoms with E-state index < -0.39 is 0 Å². The van der Waals surface area contributed by atoms with Crippen LogP contribution in [0.4, 0.5) is 10.8 Å². The van der Waals surface area contributed by atoms with E-state index in [2.05, 4.69) is 22.4 Å². The van der Waals surface area contributed by atoms with E-state index in [9.17, 15) is 9.59 Å². The molecule has 1 fully saturated rings. The quantitative estimate of drug-likeness (QED) is 0.860. The van der Waals surface area contributed by atoms with E-state index >= 15 is 0 Å². The van der Waals surface area contributed by atoms with E-state index in [1.54, 1.807) is 0 Å². The van der Waals surface area contributed by atoms with Crippen LogP contribution in [0.15, 0.2) is 18.2 Å². The van der Waals surface area contributed by atoms with E-state index in [-0.39, 0.29) is 23.1 Å².